The molecule has 11 aromatic rings. The Hall–Kier alpha value is -7.21. The number of hydrogen-bond donors (Lipinski definition) is 0. The zero-order valence-electron chi connectivity index (χ0n) is 30.2. The molecule has 0 saturated carbocycles. The first kappa shape index (κ1) is 32.2. The molecule has 0 aliphatic carbocycles. The summed E-state index contributed by atoms with van der Waals surface area (Å²) in [5.41, 5.74) is 10.7. The van der Waals surface area contributed by atoms with Gasteiger partial charge in [-0.1, -0.05) is 164 Å². The number of rotatable bonds is 6. The third kappa shape index (κ3) is 5.48. The first-order valence-corrected chi connectivity index (χ1v) is 19.6. The molecule has 0 unspecified atom stereocenters. The predicted octanol–water partition coefficient (Wildman–Crippen LogP) is 13.7. The second kappa shape index (κ2) is 13.3. The van der Waals surface area contributed by atoms with E-state index in [-0.39, 0.29) is 0 Å². The maximum absolute atomic E-state index is 5.23. The van der Waals surface area contributed by atoms with Crippen LogP contribution < -0.4 is 0 Å². The van der Waals surface area contributed by atoms with Crippen molar-refractivity contribution in [3.8, 4) is 62.1 Å². The second-order valence-corrected chi connectivity index (χ2v) is 15.1. The number of thiophene rings is 1. The fraction of sp³-hybridized carbons (Fsp3) is 0. The van der Waals surface area contributed by atoms with Crippen LogP contribution >= 0.6 is 11.3 Å². The molecule has 11 rings (SSSR count). The number of para-hydroxylation sites is 1. The van der Waals surface area contributed by atoms with Crippen LogP contribution in [0.3, 0.4) is 0 Å². The van der Waals surface area contributed by atoms with Crippen molar-refractivity contribution in [2.24, 2.45) is 0 Å². The highest BCUT2D eigenvalue weighted by Crippen LogP contribution is 2.44. The molecule has 0 fully saturated rings. The zero-order valence-corrected chi connectivity index (χ0v) is 31.0. The van der Waals surface area contributed by atoms with Crippen LogP contribution in [0.4, 0.5) is 0 Å². The lowest BCUT2D eigenvalue weighted by molar-refractivity contribution is 1.07. The number of benzene rings is 8. The molecular weight excluding hydrogens is 701 g/mol. The van der Waals surface area contributed by atoms with Gasteiger partial charge in [-0.2, -0.15) is 0 Å². The summed E-state index contributed by atoms with van der Waals surface area (Å²) >= 11 is 1.86. The Morgan fingerprint density at radius 3 is 1.52 bits per heavy atom. The Morgan fingerprint density at radius 2 is 0.821 bits per heavy atom. The maximum atomic E-state index is 5.23. The van der Waals surface area contributed by atoms with E-state index in [9.17, 15) is 0 Å². The highest BCUT2D eigenvalue weighted by atomic mass is 32.1. The van der Waals surface area contributed by atoms with Crippen molar-refractivity contribution >= 4 is 53.3 Å². The molecule has 0 radical (unpaired) electrons. The van der Waals surface area contributed by atoms with Crippen molar-refractivity contribution in [3.05, 3.63) is 194 Å². The first-order valence-electron chi connectivity index (χ1n) is 18.8. The lowest BCUT2D eigenvalue weighted by Gasteiger charge is -2.15. The van der Waals surface area contributed by atoms with Crippen LogP contribution in [0, 0.1) is 0 Å². The minimum absolute atomic E-state index is 0.618. The van der Waals surface area contributed by atoms with Gasteiger partial charge in [-0.05, 0) is 52.6 Å². The number of nitrogens with zero attached hydrogens (tertiary/aromatic N) is 4. The molecular formula is C51H32N4S. The minimum Gasteiger partial charge on any atom is -0.308 e. The van der Waals surface area contributed by atoms with Gasteiger partial charge in [0.25, 0.3) is 0 Å². The van der Waals surface area contributed by atoms with Crippen LogP contribution in [0.5, 0.6) is 0 Å². The third-order valence-corrected chi connectivity index (χ3v) is 11.8. The first-order chi connectivity index (χ1) is 27.7. The quantitative estimate of drug-likeness (QED) is 0.171. The second-order valence-electron chi connectivity index (χ2n) is 14.0. The average Bonchev–Trinajstić information content (AvgIpc) is 3.83. The fourth-order valence-corrected chi connectivity index (χ4v) is 9.20. The molecule has 0 aliphatic heterocycles. The molecule has 56 heavy (non-hydrogen) atoms. The summed E-state index contributed by atoms with van der Waals surface area (Å²) in [6.07, 6.45) is 0. The normalized spacial score (nSPS) is 11.6. The summed E-state index contributed by atoms with van der Waals surface area (Å²) in [6.45, 7) is 0. The van der Waals surface area contributed by atoms with Gasteiger partial charge in [0, 0.05) is 48.6 Å². The van der Waals surface area contributed by atoms with Crippen molar-refractivity contribution in [2.45, 2.75) is 0 Å². The number of fused-ring (bicyclic) bond motifs is 7. The van der Waals surface area contributed by atoms with Gasteiger partial charge in [0.15, 0.2) is 17.5 Å². The van der Waals surface area contributed by atoms with Gasteiger partial charge >= 0.3 is 0 Å². The molecule has 0 amide bonds. The summed E-state index contributed by atoms with van der Waals surface area (Å²) in [6, 6.07) is 68.5. The van der Waals surface area contributed by atoms with Gasteiger partial charge in [-0.3, -0.25) is 0 Å². The zero-order chi connectivity index (χ0) is 37.0. The molecule has 0 bridgehead atoms. The van der Waals surface area contributed by atoms with E-state index in [1.807, 2.05) is 35.6 Å². The summed E-state index contributed by atoms with van der Waals surface area (Å²) in [7, 11) is 0. The van der Waals surface area contributed by atoms with Crippen LogP contribution in [-0.2, 0) is 0 Å². The smallest absolute Gasteiger partial charge is 0.164 e. The van der Waals surface area contributed by atoms with Crippen LogP contribution in [0.15, 0.2) is 194 Å². The van der Waals surface area contributed by atoms with Gasteiger partial charge in [-0.25, -0.2) is 15.0 Å². The average molecular weight is 733 g/mol. The summed E-state index contributed by atoms with van der Waals surface area (Å²) < 4.78 is 5.01. The van der Waals surface area contributed by atoms with E-state index < -0.39 is 0 Å². The van der Waals surface area contributed by atoms with E-state index in [1.165, 1.54) is 42.0 Å². The topological polar surface area (TPSA) is 43.6 Å². The number of aromatic nitrogens is 4. The highest BCUT2D eigenvalue weighted by Gasteiger charge is 2.20. The van der Waals surface area contributed by atoms with E-state index in [0.29, 0.717) is 17.5 Å². The fourth-order valence-electron chi connectivity index (χ4n) is 7.96. The van der Waals surface area contributed by atoms with Crippen molar-refractivity contribution in [3.63, 3.8) is 0 Å². The third-order valence-electron chi connectivity index (χ3n) is 10.6. The predicted molar refractivity (Wildman–Crippen MR) is 234 cm³/mol. The molecule has 8 aromatic carbocycles. The van der Waals surface area contributed by atoms with E-state index in [4.69, 9.17) is 15.0 Å². The molecule has 5 heteroatoms. The highest BCUT2D eigenvalue weighted by molar-refractivity contribution is 7.26. The molecule has 0 N–H and O–H groups in total. The van der Waals surface area contributed by atoms with E-state index in [0.717, 1.165) is 44.6 Å². The van der Waals surface area contributed by atoms with Crippen molar-refractivity contribution in [1.82, 2.24) is 19.5 Å². The Balaban J connectivity index is 1.17. The van der Waals surface area contributed by atoms with Crippen molar-refractivity contribution in [2.75, 3.05) is 0 Å². The summed E-state index contributed by atoms with van der Waals surface area (Å²) in [4.78, 5) is 15.5. The monoisotopic (exact) mass is 732 g/mol. The van der Waals surface area contributed by atoms with Gasteiger partial charge in [0.1, 0.15) is 0 Å². The van der Waals surface area contributed by atoms with Gasteiger partial charge in [-0.15, -0.1) is 11.3 Å². The van der Waals surface area contributed by atoms with E-state index in [2.05, 4.69) is 174 Å². The molecule has 3 aromatic heterocycles. The minimum atomic E-state index is 0.618. The Labute approximate surface area is 327 Å². The summed E-state index contributed by atoms with van der Waals surface area (Å²) in [5, 5.41) is 5.02. The Bertz CT molecular complexity index is 3220. The standard InChI is InChI=1S/C51H32N4S/c1-4-14-33(15-5-1)35-24-26-37(27-25-35)50-52-49(36-18-8-3-9-19-36)53-51(54-50)39-30-38(34-16-6-2-7-17-34)31-40(32-39)55-45-22-12-10-20-41(45)43-28-29-44-42-21-11-13-23-46(42)56-48(44)47(43)55/h1-32H. The Kier molecular flexibility index (Phi) is 7.64. The molecule has 262 valence electrons. The van der Waals surface area contributed by atoms with E-state index >= 15 is 0 Å². The molecule has 4 nitrogen and oxygen atoms in total. The van der Waals surface area contributed by atoms with Gasteiger partial charge < -0.3 is 4.57 Å². The van der Waals surface area contributed by atoms with E-state index in [1.54, 1.807) is 0 Å². The van der Waals surface area contributed by atoms with Crippen LogP contribution in [0.1, 0.15) is 0 Å². The molecule has 0 atom stereocenters. The van der Waals surface area contributed by atoms with Crippen molar-refractivity contribution in [1.29, 1.82) is 0 Å². The SMILES string of the molecule is c1ccc(-c2ccc(-c3nc(-c4ccccc4)nc(-c4cc(-c5ccccc5)cc(-n5c6ccccc6c6ccc7c8ccccc8sc7c65)c4)n3)cc2)cc1. The lowest BCUT2D eigenvalue weighted by atomic mass is 10.0. The van der Waals surface area contributed by atoms with Gasteiger partial charge in [0.2, 0.25) is 0 Å². The van der Waals surface area contributed by atoms with Gasteiger partial charge in [0.05, 0.1) is 15.7 Å². The molecule has 3 heterocycles. The molecule has 0 aliphatic rings. The van der Waals surface area contributed by atoms with Crippen LogP contribution in [-0.4, -0.2) is 19.5 Å². The Morgan fingerprint density at radius 1 is 0.339 bits per heavy atom. The molecule has 0 spiro atoms. The van der Waals surface area contributed by atoms with Crippen LogP contribution in [0.25, 0.3) is 104 Å². The lowest BCUT2D eigenvalue weighted by Crippen LogP contribution is -2.02. The number of hydrogen-bond acceptors (Lipinski definition) is 4. The van der Waals surface area contributed by atoms with Crippen molar-refractivity contribution < 1.29 is 0 Å². The maximum Gasteiger partial charge on any atom is 0.164 e. The largest absolute Gasteiger partial charge is 0.308 e. The van der Waals surface area contributed by atoms with Crippen LogP contribution in [0.2, 0.25) is 0 Å². The summed E-state index contributed by atoms with van der Waals surface area (Å²) in [5.74, 6) is 1.88. The molecule has 0 saturated heterocycles.